The Morgan fingerprint density at radius 1 is 1.17 bits per heavy atom. The SMILES string of the molecule is Cn1ccnc1C(=O)N1CCN(c2cccc(C(F)(F)F)c2)CC1. The van der Waals surface area contributed by atoms with Crippen LogP contribution >= 0.6 is 0 Å². The second-order valence-electron chi connectivity index (χ2n) is 5.69. The molecule has 2 heterocycles. The molecule has 1 aromatic heterocycles. The Morgan fingerprint density at radius 3 is 2.46 bits per heavy atom. The Bertz CT molecular complexity index is 733. The van der Waals surface area contributed by atoms with Gasteiger partial charge in [0.25, 0.3) is 5.91 Å². The summed E-state index contributed by atoms with van der Waals surface area (Å²) < 4.78 is 40.1. The number of rotatable bonds is 2. The highest BCUT2D eigenvalue weighted by atomic mass is 19.4. The molecule has 1 fully saturated rings. The molecule has 1 saturated heterocycles. The van der Waals surface area contributed by atoms with Gasteiger partial charge < -0.3 is 14.4 Å². The van der Waals surface area contributed by atoms with Crippen molar-refractivity contribution in [2.24, 2.45) is 7.05 Å². The van der Waals surface area contributed by atoms with Crippen LogP contribution in [-0.4, -0.2) is 46.5 Å². The van der Waals surface area contributed by atoms with E-state index in [9.17, 15) is 18.0 Å². The number of aryl methyl sites for hydroxylation is 1. The van der Waals surface area contributed by atoms with Crippen LogP contribution < -0.4 is 4.90 Å². The summed E-state index contributed by atoms with van der Waals surface area (Å²) in [6.07, 6.45) is -1.09. The lowest BCUT2D eigenvalue weighted by Crippen LogP contribution is -2.49. The van der Waals surface area contributed by atoms with E-state index in [-0.39, 0.29) is 5.91 Å². The van der Waals surface area contributed by atoms with Gasteiger partial charge in [0.05, 0.1) is 5.56 Å². The van der Waals surface area contributed by atoms with E-state index in [1.54, 1.807) is 35.0 Å². The van der Waals surface area contributed by atoms with Crippen LogP contribution in [0.3, 0.4) is 0 Å². The van der Waals surface area contributed by atoms with Crippen LogP contribution in [0.4, 0.5) is 18.9 Å². The number of benzene rings is 1. The van der Waals surface area contributed by atoms with Crippen LogP contribution in [0.5, 0.6) is 0 Å². The number of carbonyl (C=O) groups excluding carboxylic acids is 1. The Morgan fingerprint density at radius 2 is 1.88 bits per heavy atom. The lowest BCUT2D eigenvalue weighted by atomic mass is 10.1. The van der Waals surface area contributed by atoms with E-state index in [4.69, 9.17) is 0 Å². The largest absolute Gasteiger partial charge is 0.416 e. The van der Waals surface area contributed by atoms with Gasteiger partial charge in [0, 0.05) is 51.3 Å². The molecule has 128 valence electrons. The van der Waals surface area contributed by atoms with E-state index >= 15 is 0 Å². The second-order valence-corrected chi connectivity index (χ2v) is 5.69. The van der Waals surface area contributed by atoms with E-state index in [0.717, 1.165) is 12.1 Å². The van der Waals surface area contributed by atoms with Crippen molar-refractivity contribution in [2.45, 2.75) is 6.18 Å². The quantitative estimate of drug-likeness (QED) is 0.844. The molecule has 0 radical (unpaired) electrons. The maximum atomic E-state index is 12.8. The highest BCUT2D eigenvalue weighted by Gasteiger charge is 2.31. The number of aromatic nitrogens is 2. The summed E-state index contributed by atoms with van der Waals surface area (Å²) in [6.45, 7) is 1.86. The van der Waals surface area contributed by atoms with Crippen molar-refractivity contribution in [3.05, 3.63) is 48.0 Å². The number of imidazole rings is 1. The Labute approximate surface area is 137 Å². The summed E-state index contributed by atoms with van der Waals surface area (Å²) >= 11 is 0. The first-order valence-corrected chi connectivity index (χ1v) is 7.55. The van der Waals surface area contributed by atoms with Crippen LogP contribution in [0, 0.1) is 0 Å². The van der Waals surface area contributed by atoms with Crippen molar-refractivity contribution in [3.63, 3.8) is 0 Å². The lowest BCUT2D eigenvalue weighted by molar-refractivity contribution is -0.137. The minimum atomic E-state index is -4.36. The van der Waals surface area contributed by atoms with Crippen molar-refractivity contribution < 1.29 is 18.0 Å². The third-order valence-electron chi connectivity index (χ3n) is 4.12. The molecule has 0 atom stereocenters. The number of anilines is 1. The summed E-state index contributed by atoms with van der Waals surface area (Å²) in [5, 5.41) is 0. The summed E-state index contributed by atoms with van der Waals surface area (Å²) in [7, 11) is 1.75. The van der Waals surface area contributed by atoms with Gasteiger partial charge in [-0.1, -0.05) is 6.07 Å². The zero-order chi connectivity index (χ0) is 17.3. The van der Waals surface area contributed by atoms with Crippen LogP contribution in [0.1, 0.15) is 16.2 Å². The van der Waals surface area contributed by atoms with Crippen molar-refractivity contribution in [2.75, 3.05) is 31.1 Å². The third-order valence-corrected chi connectivity index (χ3v) is 4.12. The molecule has 0 unspecified atom stereocenters. The fourth-order valence-electron chi connectivity index (χ4n) is 2.76. The van der Waals surface area contributed by atoms with Gasteiger partial charge in [-0.05, 0) is 18.2 Å². The minimum absolute atomic E-state index is 0.161. The predicted octanol–water partition coefficient (Wildman–Crippen LogP) is 2.40. The Kier molecular flexibility index (Phi) is 4.21. The number of amides is 1. The Hall–Kier alpha value is -2.51. The van der Waals surface area contributed by atoms with Crippen molar-refractivity contribution in [3.8, 4) is 0 Å². The van der Waals surface area contributed by atoms with Gasteiger partial charge in [-0.15, -0.1) is 0 Å². The van der Waals surface area contributed by atoms with Gasteiger partial charge in [0.1, 0.15) is 0 Å². The second kappa shape index (κ2) is 6.18. The van der Waals surface area contributed by atoms with E-state index in [1.807, 2.05) is 4.90 Å². The zero-order valence-electron chi connectivity index (χ0n) is 13.1. The summed E-state index contributed by atoms with van der Waals surface area (Å²) in [4.78, 5) is 20.0. The van der Waals surface area contributed by atoms with Crippen molar-refractivity contribution >= 4 is 11.6 Å². The lowest BCUT2D eigenvalue weighted by Gasteiger charge is -2.36. The average Bonchev–Trinajstić information content (AvgIpc) is 3.00. The van der Waals surface area contributed by atoms with Gasteiger partial charge >= 0.3 is 6.18 Å². The van der Waals surface area contributed by atoms with Crippen LogP contribution in [0.2, 0.25) is 0 Å². The van der Waals surface area contributed by atoms with Gasteiger partial charge in [-0.25, -0.2) is 4.98 Å². The molecule has 0 saturated carbocycles. The molecule has 0 N–H and O–H groups in total. The predicted molar refractivity (Wildman–Crippen MR) is 82.8 cm³/mol. The van der Waals surface area contributed by atoms with E-state index in [2.05, 4.69) is 4.98 Å². The molecule has 1 aliphatic heterocycles. The molecule has 8 heteroatoms. The maximum absolute atomic E-state index is 12.8. The van der Waals surface area contributed by atoms with Crippen LogP contribution in [0.25, 0.3) is 0 Å². The first-order valence-electron chi connectivity index (χ1n) is 7.55. The van der Waals surface area contributed by atoms with Crippen LogP contribution in [-0.2, 0) is 13.2 Å². The Balaban J connectivity index is 1.67. The number of nitrogens with zero attached hydrogens (tertiary/aromatic N) is 4. The van der Waals surface area contributed by atoms with E-state index in [0.29, 0.717) is 37.7 Å². The summed E-state index contributed by atoms with van der Waals surface area (Å²) in [5.41, 5.74) is -0.138. The number of piperazine rings is 1. The highest BCUT2D eigenvalue weighted by molar-refractivity contribution is 5.91. The number of hydrogen-bond donors (Lipinski definition) is 0. The number of alkyl halides is 3. The fourth-order valence-corrected chi connectivity index (χ4v) is 2.76. The van der Waals surface area contributed by atoms with Gasteiger partial charge in [0.15, 0.2) is 5.82 Å². The normalized spacial score (nSPS) is 15.7. The topological polar surface area (TPSA) is 41.4 Å². The van der Waals surface area contributed by atoms with Crippen molar-refractivity contribution in [1.29, 1.82) is 0 Å². The molecule has 5 nitrogen and oxygen atoms in total. The molecule has 1 amide bonds. The molecule has 24 heavy (non-hydrogen) atoms. The number of hydrogen-bond acceptors (Lipinski definition) is 3. The highest BCUT2D eigenvalue weighted by Crippen LogP contribution is 2.31. The first kappa shape index (κ1) is 16.4. The van der Waals surface area contributed by atoms with Gasteiger partial charge in [0.2, 0.25) is 0 Å². The molecule has 2 aromatic rings. The molecule has 1 aliphatic rings. The van der Waals surface area contributed by atoms with Gasteiger partial charge in [-0.2, -0.15) is 13.2 Å². The minimum Gasteiger partial charge on any atom is -0.368 e. The molecule has 1 aromatic carbocycles. The number of halogens is 3. The summed E-state index contributed by atoms with van der Waals surface area (Å²) in [6, 6.07) is 5.27. The van der Waals surface area contributed by atoms with Crippen molar-refractivity contribution in [1.82, 2.24) is 14.5 Å². The van der Waals surface area contributed by atoms with E-state index in [1.165, 1.54) is 6.07 Å². The fraction of sp³-hybridized carbons (Fsp3) is 0.375. The first-order chi connectivity index (χ1) is 11.4. The molecule has 3 rings (SSSR count). The standard InChI is InChI=1S/C16H17F3N4O/c1-21-6-5-20-14(21)15(24)23-9-7-22(8-10-23)13-4-2-3-12(11-13)16(17,18)19/h2-6,11H,7-10H2,1H3. The van der Waals surface area contributed by atoms with Gasteiger partial charge in [-0.3, -0.25) is 4.79 Å². The number of carbonyl (C=O) groups is 1. The molecule has 0 bridgehead atoms. The molecule has 0 spiro atoms. The maximum Gasteiger partial charge on any atom is 0.416 e. The monoisotopic (exact) mass is 338 g/mol. The third kappa shape index (κ3) is 3.22. The zero-order valence-corrected chi connectivity index (χ0v) is 13.1. The molecule has 0 aliphatic carbocycles. The molecular weight excluding hydrogens is 321 g/mol. The van der Waals surface area contributed by atoms with E-state index < -0.39 is 11.7 Å². The average molecular weight is 338 g/mol. The molecular formula is C16H17F3N4O. The smallest absolute Gasteiger partial charge is 0.368 e. The van der Waals surface area contributed by atoms with Crippen LogP contribution in [0.15, 0.2) is 36.7 Å². The summed E-state index contributed by atoms with van der Waals surface area (Å²) in [5.74, 6) is 0.203.